The number of carbonyl (C=O) groups is 3. The maximum Gasteiger partial charge on any atom is 0.326 e. The van der Waals surface area contributed by atoms with Gasteiger partial charge in [0.05, 0.1) is 25.0 Å². The molecule has 0 saturated heterocycles. The van der Waals surface area contributed by atoms with E-state index >= 15 is 0 Å². The molecule has 0 fully saturated rings. The lowest BCUT2D eigenvalue weighted by Gasteiger charge is -2.25. The molecule has 45 heavy (non-hydrogen) atoms. The number of carboxylic acids is 1. The number of aliphatic carboxylic acids is 1. The van der Waals surface area contributed by atoms with Crippen LogP contribution in [-0.2, 0) is 20.9 Å². The van der Waals surface area contributed by atoms with Crippen LogP contribution in [0.4, 0.5) is 11.6 Å². The van der Waals surface area contributed by atoms with Crippen molar-refractivity contribution in [1.29, 1.82) is 0 Å². The van der Waals surface area contributed by atoms with Crippen LogP contribution in [0.15, 0.2) is 65.6 Å². The molecule has 4 rings (SSSR count). The number of aromatic nitrogens is 4. The minimum absolute atomic E-state index is 0.00959. The number of amides is 1. The fourth-order valence-electron chi connectivity index (χ4n) is 4.11. The number of aromatic amines is 1. The topological polar surface area (TPSA) is 264 Å². The van der Waals surface area contributed by atoms with Crippen molar-refractivity contribution in [3.63, 3.8) is 0 Å². The summed E-state index contributed by atoms with van der Waals surface area (Å²) < 4.78 is 10.7. The summed E-state index contributed by atoms with van der Waals surface area (Å²) in [6.07, 6.45) is 1.56. The van der Waals surface area contributed by atoms with Gasteiger partial charge >= 0.3 is 11.9 Å². The van der Waals surface area contributed by atoms with Gasteiger partial charge in [0, 0.05) is 24.1 Å². The highest BCUT2D eigenvalue weighted by molar-refractivity contribution is 5.97. The zero-order chi connectivity index (χ0) is 32.4. The molecule has 1 atom stereocenters. The van der Waals surface area contributed by atoms with Crippen molar-refractivity contribution in [2.24, 2.45) is 11.5 Å². The van der Waals surface area contributed by atoms with Crippen LogP contribution < -0.4 is 38.1 Å². The molecule has 2 aromatic carbocycles. The van der Waals surface area contributed by atoms with E-state index in [9.17, 15) is 24.3 Å². The van der Waals surface area contributed by atoms with Gasteiger partial charge in [-0.1, -0.05) is 18.2 Å². The Hall–Kier alpha value is -5.61. The normalized spacial score (nSPS) is 11.9. The number of hydrogen-bond donors (Lipinski definition) is 7. The molecular formula is C29H33N9O7. The van der Waals surface area contributed by atoms with Gasteiger partial charge in [-0.25, -0.2) is 14.8 Å². The standard InChI is InChI=1S/C29H33N9O7/c30-28-37-24-23(26(41)38-28)35-19(16-34-24)15-33-18-9-7-17(8-10-18)25(40)36-21(27(42)43)11-12-22(39)44-14-4-13-29(31,32)45-20-5-2-1-3-6-20/h1-3,5-10,16,21,33H,4,11-15,31-32H2,(H,36,40)(H,42,43)(H3,30,34,37,38,41). The van der Waals surface area contributed by atoms with E-state index in [2.05, 4.69) is 30.6 Å². The van der Waals surface area contributed by atoms with Gasteiger partial charge in [0.25, 0.3) is 11.5 Å². The lowest BCUT2D eigenvalue weighted by atomic mass is 10.1. The summed E-state index contributed by atoms with van der Waals surface area (Å²) in [6, 6.07) is 13.7. The number of carbonyl (C=O) groups excluding carboxylic acids is 2. The number of nitrogen functional groups attached to an aromatic ring is 1. The third-order valence-electron chi connectivity index (χ3n) is 6.37. The van der Waals surface area contributed by atoms with Crippen molar-refractivity contribution in [2.45, 2.75) is 44.1 Å². The van der Waals surface area contributed by atoms with Gasteiger partial charge in [-0.15, -0.1) is 0 Å². The van der Waals surface area contributed by atoms with Crippen LogP contribution in [0.3, 0.4) is 0 Å². The Morgan fingerprint density at radius 3 is 2.49 bits per heavy atom. The maximum atomic E-state index is 12.7. The molecular weight excluding hydrogens is 586 g/mol. The second-order valence-corrected chi connectivity index (χ2v) is 10.0. The van der Waals surface area contributed by atoms with E-state index in [1.54, 1.807) is 36.4 Å². The summed E-state index contributed by atoms with van der Waals surface area (Å²) in [5, 5.41) is 15.1. The largest absolute Gasteiger partial charge is 0.480 e. The summed E-state index contributed by atoms with van der Waals surface area (Å²) in [5.74, 6) is -3.56. The van der Waals surface area contributed by atoms with E-state index in [1.165, 1.54) is 18.3 Å². The number of fused-ring (bicyclic) bond motifs is 1. The molecule has 16 nitrogen and oxygen atoms in total. The van der Waals surface area contributed by atoms with E-state index in [0.717, 1.165) is 0 Å². The van der Waals surface area contributed by atoms with E-state index in [4.69, 9.17) is 26.7 Å². The van der Waals surface area contributed by atoms with Crippen molar-refractivity contribution in [2.75, 3.05) is 17.7 Å². The zero-order valence-corrected chi connectivity index (χ0v) is 24.1. The first-order valence-corrected chi connectivity index (χ1v) is 13.9. The van der Waals surface area contributed by atoms with Gasteiger partial charge in [-0.05, 0) is 49.2 Å². The Morgan fingerprint density at radius 2 is 1.78 bits per heavy atom. The number of anilines is 2. The van der Waals surface area contributed by atoms with Crippen LogP contribution in [-0.4, -0.2) is 61.4 Å². The summed E-state index contributed by atoms with van der Waals surface area (Å²) in [5.41, 5.74) is 18.4. The monoisotopic (exact) mass is 619 g/mol. The molecule has 16 heteroatoms. The van der Waals surface area contributed by atoms with Crippen molar-refractivity contribution in [3.8, 4) is 5.75 Å². The van der Waals surface area contributed by atoms with Crippen molar-refractivity contribution < 1.29 is 29.0 Å². The zero-order valence-electron chi connectivity index (χ0n) is 24.1. The Kier molecular flexibility index (Phi) is 10.6. The molecule has 1 amide bonds. The molecule has 0 spiro atoms. The molecule has 0 aliphatic heterocycles. The average molecular weight is 620 g/mol. The Balaban J connectivity index is 1.20. The lowest BCUT2D eigenvalue weighted by molar-refractivity contribution is -0.145. The highest BCUT2D eigenvalue weighted by Gasteiger charge is 2.23. The van der Waals surface area contributed by atoms with Gasteiger partial charge in [-0.2, -0.15) is 4.98 Å². The van der Waals surface area contributed by atoms with E-state index in [-0.39, 0.29) is 55.1 Å². The number of para-hydroxylation sites is 1. The Labute approximate surface area is 256 Å². The molecule has 4 aromatic rings. The van der Waals surface area contributed by atoms with Gasteiger partial charge in [0.2, 0.25) is 11.8 Å². The summed E-state index contributed by atoms with van der Waals surface area (Å²) in [7, 11) is 0. The van der Waals surface area contributed by atoms with Crippen molar-refractivity contribution >= 4 is 40.6 Å². The number of hydrogen-bond acceptors (Lipinski definition) is 13. The fraction of sp³-hybridized carbons (Fsp3) is 0.276. The molecule has 1 unspecified atom stereocenters. The number of rotatable bonds is 15. The average Bonchev–Trinajstić information content (AvgIpc) is 3.00. The molecule has 2 aromatic heterocycles. The molecule has 0 aliphatic rings. The minimum Gasteiger partial charge on any atom is -0.480 e. The first kappa shape index (κ1) is 32.3. The lowest BCUT2D eigenvalue weighted by Crippen LogP contribution is -2.54. The predicted molar refractivity (Wildman–Crippen MR) is 163 cm³/mol. The summed E-state index contributed by atoms with van der Waals surface area (Å²) in [6.45, 7) is 0.228. The molecule has 0 saturated carbocycles. The number of carboxylic acid groups (broad SMARTS) is 1. The van der Waals surface area contributed by atoms with Crippen molar-refractivity contribution in [3.05, 3.63) is 82.4 Å². The van der Waals surface area contributed by atoms with Crippen LogP contribution in [0.25, 0.3) is 11.2 Å². The number of nitrogens with two attached hydrogens (primary N) is 3. The van der Waals surface area contributed by atoms with E-state index in [0.29, 0.717) is 23.6 Å². The van der Waals surface area contributed by atoms with Gasteiger partial charge in [0.1, 0.15) is 11.8 Å². The van der Waals surface area contributed by atoms with Crippen LogP contribution in [0.1, 0.15) is 41.7 Å². The SMILES string of the molecule is Nc1nc2ncc(CNc3ccc(C(=O)NC(CCC(=O)OCCCC(N)(N)Oc4ccccc4)C(=O)O)cc3)nc2c(=O)[nH]1. The smallest absolute Gasteiger partial charge is 0.326 e. The number of benzene rings is 2. The number of esters is 1. The minimum atomic E-state index is -1.46. The molecule has 0 aliphatic carbocycles. The van der Waals surface area contributed by atoms with Gasteiger partial charge in [-0.3, -0.25) is 30.8 Å². The highest BCUT2D eigenvalue weighted by Crippen LogP contribution is 2.16. The second kappa shape index (κ2) is 14.7. The molecule has 0 bridgehead atoms. The fourth-order valence-corrected chi connectivity index (χ4v) is 4.11. The molecule has 0 radical (unpaired) electrons. The Bertz CT molecular complexity index is 1700. The first-order chi connectivity index (χ1) is 21.5. The third kappa shape index (κ3) is 9.70. The highest BCUT2D eigenvalue weighted by atomic mass is 16.5. The van der Waals surface area contributed by atoms with Crippen LogP contribution in [0.5, 0.6) is 5.75 Å². The quantitative estimate of drug-likeness (QED) is 0.0552. The number of nitrogens with zero attached hydrogens (tertiary/aromatic N) is 3. The van der Waals surface area contributed by atoms with Crippen LogP contribution in [0.2, 0.25) is 0 Å². The molecule has 236 valence electrons. The number of nitrogens with one attached hydrogen (secondary N) is 3. The van der Waals surface area contributed by atoms with E-state index < -0.39 is 35.3 Å². The summed E-state index contributed by atoms with van der Waals surface area (Å²) >= 11 is 0. The molecule has 10 N–H and O–H groups in total. The van der Waals surface area contributed by atoms with Crippen LogP contribution >= 0.6 is 0 Å². The molecule has 2 heterocycles. The third-order valence-corrected chi connectivity index (χ3v) is 6.37. The number of ether oxygens (including phenoxy) is 2. The summed E-state index contributed by atoms with van der Waals surface area (Å²) in [4.78, 5) is 63.3. The number of H-pyrrole nitrogens is 1. The second-order valence-electron chi connectivity index (χ2n) is 10.0. The van der Waals surface area contributed by atoms with Gasteiger partial charge < -0.3 is 30.9 Å². The first-order valence-electron chi connectivity index (χ1n) is 13.9. The predicted octanol–water partition coefficient (Wildman–Crippen LogP) is 0.844. The maximum absolute atomic E-state index is 12.7. The van der Waals surface area contributed by atoms with Gasteiger partial charge in [0.15, 0.2) is 11.2 Å². The van der Waals surface area contributed by atoms with Crippen LogP contribution in [0, 0.1) is 0 Å². The van der Waals surface area contributed by atoms with Crippen molar-refractivity contribution in [1.82, 2.24) is 25.3 Å². The Morgan fingerprint density at radius 1 is 1.04 bits per heavy atom. The van der Waals surface area contributed by atoms with E-state index in [1.807, 2.05) is 6.07 Å².